The molecule has 2 N–H and O–H groups in total. The molecular weight excluding hydrogens is 235 g/mol. The zero-order valence-electron chi connectivity index (χ0n) is 10.1. The van der Waals surface area contributed by atoms with Crippen molar-refractivity contribution in [3.63, 3.8) is 0 Å². The lowest BCUT2D eigenvalue weighted by Crippen LogP contribution is -2.27. The van der Waals surface area contributed by atoms with Crippen LogP contribution in [0, 0.1) is 11.7 Å². The summed E-state index contributed by atoms with van der Waals surface area (Å²) < 4.78 is 14.0. The van der Waals surface area contributed by atoms with Crippen molar-refractivity contribution in [1.29, 1.82) is 0 Å². The topological polar surface area (TPSA) is 29.3 Å². The van der Waals surface area contributed by atoms with Crippen LogP contribution in [0.3, 0.4) is 0 Å². The summed E-state index contributed by atoms with van der Waals surface area (Å²) in [7, 11) is 0. The van der Waals surface area contributed by atoms with Gasteiger partial charge in [0, 0.05) is 18.2 Å². The Bertz CT molecular complexity index is 447. The van der Waals surface area contributed by atoms with Crippen LogP contribution >= 0.6 is 12.2 Å². The maximum absolute atomic E-state index is 14.0. The third-order valence-corrected chi connectivity index (χ3v) is 3.56. The highest BCUT2D eigenvalue weighted by atomic mass is 32.1. The molecule has 17 heavy (non-hydrogen) atoms. The average Bonchev–Trinajstić information content (AvgIpc) is 2.57. The van der Waals surface area contributed by atoms with Gasteiger partial charge in [-0.1, -0.05) is 19.1 Å². The van der Waals surface area contributed by atoms with Crippen molar-refractivity contribution in [2.24, 2.45) is 11.7 Å². The average molecular weight is 252 g/mol. The van der Waals surface area contributed by atoms with Gasteiger partial charge in [-0.15, -0.1) is 0 Å². The molecule has 4 heteroatoms. The molecule has 2 unspecified atom stereocenters. The number of thiocarbonyl (C=S) groups is 1. The molecule has 1 aliphatic rings. The van der Waals surface area contributed by atoms with Crippen LogP contribution in [0.2, 0.25) is 0 Å². The fourth-order valence-corrected chi connectivity index (χ4v) is 2.66. The summed E-state index contributed by atoms with van der Waals surface area (Å²) in [5.74, 6) is 0.371. The van der Waals surface area contributed by atoms with Crippen molar-refractivity contribution in [3.8, 4) is 0 Å². The molecule has 0 spiro atoms. The van der Waals surface area contributed by atoms with Crippen LogP contribution in [0.4, 0.5) is 10.1 Å². The van der Waals surface area contributed by atoms with Crippen LogP contribution in [0.25, 0.3) is 0 Å². The van der Waals surface area contributed by atoms with E-state index in [1.165, 1.54) is 6.07 Å². The predicted molar refractivity (Wildman–Crippen MR) is 72.9 cm³/mol. The van der Waals surface area contributed by atoms with E-state index in [1.807, 2.05) is 0 Å². The Kier molecular flexibility index (Phi) is 3.33. The number of rotatable bonds is 2. The van der Waals surface area contributed by atoms with Crippen molar-refractivity contribution >= 4 is 22.9 Å². The van der Waals surface area contributed by atoms with Gasteiger partial charge in [-0.3, -0.25) is 0 Å². The normalized spacial score (nSPS) is 24.1. The van der Waals surface area contributed by atoms with E-state index in [2.05, 4.69) is 18.7 Å². The molecule has 1 heterocycles. The van der Waals surface area contributed by atoms with E-state index < -0.39 is 0 Å². The largest absolute Gasteiger partial charge is 0.389 e. The number of hydrogen-bond acceptors (Lipinski definition) is 2. The number of nitrogens with zero attached hydrogens (tertiary/aromatic N) is 1. The van der Waals surface area contributed by atoms with Gasteiger partial charge in [0.1, 0.15) is 10.8 Å². The number of anilines is 1. The molecule has 2 rings (SSSR count). The van der Waals surface area contributed by atoms with Gasteiger partial charge in [-0.2, -0.15) is 0 Å². The van der Waals surface area contributed by atoms with Crippen LogP contribution in [0.1, 0.15) is 25.8 Å². The third-order valence-electron chi connectivity index (χ3n) is 3.33. The van der Waals surface area contributed by atoms with Gasteiger partial charge < -0.3 is 10.6 Å². The fourth-order valence-electron chi connectivity index (χ4n) is 2.53. The van der Waals surface area contributed by atoms with Gasteiger partial charge in [0.2, 0.25) is 0 Å². The molecule has 2 nitrogen and oxygen atoms in total. The zero-order valence-corrected chi connectivity index (χ0v) is 10.9. The SMILES string of the molecule is CC1CC(C)N(c2ccc(C(N)=S)cc2F)C1. The van der Waals surface area contributed by atoms with E-state index >= 15 is 0 Å². The maximum Gasteiger partial charge on any atom is 0.147 e. The van der Waals surface area contributed by atoms with Crippen LogP contribution in [0.5, 0.6) is 0 Å². The van der Waals surface area contributed by atoms with Crippen molar-refractivity contribution in [3.05, 3.63) is 29.6 Å². The third kappa shape index (κ3) is 2.41. The standard InChI is InChI=1S/C13H17FN2S/c1-8-5-9(2)16(7-8)12-4-3-10(13(15)17)6-11(12)14/h3-4,6,8-9H,5,7H2,1-2H3,(H2,15,17). The van der Waals surface area contributed by atoms with Gasteiger partial charge >= 0.3 is 0 Å². The summed E-state index contributed by atoms with van der Waals surface area (Å²) in [6.45, 7) is 5.23. The minimum Gasteiger partial charge on any atom is -0.389 e. The molecule has 0 aromatic heterocycles. The van der Waals surface area contributed by atoms with E-state index in [1.54, 1.807) is 12.1 Å². The zero-order chi connectivity index (χ0) is 12.6. The van der Waals surface area contributed by atoms with Crippen LogP contribution in [0.15, 0.2) is 18.2 Å². The first-order chi connectivity index (χ1) is 7.99. The first-order valence-electron chi connectivity index (χ1n) is 5.85. The van der Waals surface area contributed by atoms with E-state index in [9.17, 15) is 4.39 Å². The lowest BCUT2D eigenvalue weighted by molar-refractivity contribution is 0.612. The Labute approximate surface area is 107 Å². The highest BCUT2D eigenvalue weighted by Crippen LogP contribution is 2.30. The first-order valence-corrected chi connectivity index (χ1v) is 6.26. The quantitative estimate of drug-likeness (QED) is 0.821. The molecule has 1 saturated heterocycles. The fraction of sp³-hybridized carbons (Fsp3) is 0.462. The Morgan fingerprint density at radius 2 is 2.18 bits per heavy atom. The smallest absolute Gasteiger partial charge is 0.147 e. The minimum absolute atomic E-state index is 0.235. The molecule has 0 bridgehead atoms. The second-order valence-electron chi connectivity index (χ2n) is 4.87. The molecular formula is C13H17FN2S. The molecule has 0 aliphatic carbocycles. The van der Waals surface area contributed by atoms with Crippen LogP contribution in [-0.4, -0.2) is 17.6 Å². The first kappa shape index (κ1) is 12.3. The van der Waals surface area contributed by atoms with Gasteiger partial charge in [0.05, 0.1) is 5.69 Å². The van der Waals surface area contributed by atoms with Gasteiger partial charge in [0.15, 0.2) is 0 Å². The molecule has 0 amide bonds. The van der Waals surface area contributed by atoms with Crippen LogP contribution in [-0.2, 0) is 0 Å². The predicted octanol–water partition coefficient (Wildman–Crippen LogP) is 2.69. The van der Waals surface area contributed by atoms with Gasteiger partial charge in [-0.25, -0.2) is 4.39 Å². The summed E-state index contributed by atoms with van der Waals surface area (Å²) in [4.78, 5) is 2.35. The molecule has 1 fully saturated rings. The van der Waals surface area contributed by atoms with Crippen LogP contribution < -0.4 is 10.6 Å². The molecule has 1 aromatic rings. The van der Waals surface area contributed by atoms with E-state index in [-0.39, 0.29) is 10.8 Å². The van der Waals surface area contributed by atoms with Gasteiger partial charge in [-0.05, 0) is 37.5 Å². The summed E-state index contributed by atoms with van der Waals surface area (Å²) in [5.41, 5.74) is 6.73. The number of halogens is 1. The highest BCUT2D eigenvalue weighted by Gasteiger charge is 2.27. The second-order valence-corrected chi connectivity index (χ2v) is 5.31. The van der Waals surface area contributed by atoms with Gasteiger partial charge in [0.25, 0.3) is 0 Å². The van der Waals surface area contributed by atoms with E-state index in [0.717, 1.165) is 13.0 Å². The summed E-state index contributed by atoms with van der Waals surface area (Å²) in [5, 5.41) is 0. The summed E-state index contributed by atoms with van der Waals surface area (Å²) >= 11 is 4.84. The molecule has 1 aromatic carbocycles. The van der Waals surface area contributed by atoms with Crippen molar-refractivity contribution < 1.29 is 4.39 Å². The Morgan fingerprint density at radius 1 is 1.47 bits per heavy atom. The maximum atomic E-state index is 14.0. The second kappa shape index (κ2) is 4.61. The number of benzene rings is 1. The number of hydrogen-bond donors (Lipinski definition) is 1. The van der Waals surface area contributed by atoms with Crippen molar-refractivity contribution in [2.75, 3.05) is 11.4 Å². The summed E-state index contributed by atoms with van der Waals surface area (Å²) in [6.07, 6.45) is 1.11. The minimum atomic E-state index is -0.240. The Morgan fingerprint density at radius 3 is 2.65 bits per heavy atom. The lowest BCUT2D eigenvalue weighted by Gasteiger charge is -2.24. The highest BCUT2D eigenvalue weighted by molar-refractivity contribution is 7.80. The van der Waals surface area contributed by atoms with Crippen molar-refractivity contribution in [1.82, 2.24) is 0 Å². The van der Waals surface area contributed by atoms with E-state index in [0.29, 0.717) is 23.2 Å². The van der Waals surface area contributed by atoms with Crippen molar-refractivity contribution in [2.45, 2.75) is 26.3 Å². The number of nitrogens with two attached hydrogens (primary N) is 1. The molecule has 2 atom stereocenters. The lowest BCUT2D eigenvalue weighted by atomic mass is 10.1. The monoisotopic (exact) mass is 252 g/mol. The Balaban J connectivity index is 2.31. The molecule has 92 valence electrons. The molecule has 1 aliphatic heterocycles. The summed E-state index contributed by atoms with van der Waals surface area (Å²) in [6, 6.07) is 5.37. The molecule has 0 saturated carbocycles. The molecule has 0 radical (unpaired) electrons. The Hall–Kier alpha value is -1.16. The van der Waals surface area contributed by atoms with E-state index in [4.69, 9.17) is 18.0 Å².